The van der Waals surface area contributed by atoms with Gasteiger partial charge in [0, 0.05) is 18.7 Å². The Hall–Kier alpha value is -2.54. The van der Waals surface area contributed by atoms with E-state index in [2.05, 4.69) is 5.32 Å². The highest BCUT2D eigenvalue weighted by atomic mass is 32.2. The van der Waals surface area contributed by atoms with Crippen molar-refractivity contribution in [2.45, 2.75) is 26.7 Å². The van der Waals surface area contributed by atoms with Crippen LogP contribution < -0.4 is 14.4 Å². The van der Waals surface area contributed by atoms with Gasteiger partial charge in [0.1, 0.15) is 5.75 Å². The van der Waals surface area contributed by atoms with Crippen molar-refractivity contribution in [1.29, 1.82) is 0 Å². The first kappa shape index (κ1) is 21.8. The van der Waals surface area contributed by atoms with Gasteiger partial charge in [-0.05, 0) is 62.6 Å². The summed E-state index contributed by atoms with van der Waals surface area (Å²) in [6, 6.07) is 14.5. The summed E-state index contributed by atoms with van der Waals surface area (Å²) in [5.41, 5.74) is 2.18. The predicted octanol–water partition coefficient (Wildman–Crippen LogP) is 3.23. The quantitative estimate of drug-likeness (QED) is 0.617. The Morgan fingerprint density at radius 2 is 1.75 bits per heavy atom. The molecule has 2 aromatic rings. The molecule has 0 spiro atoms. The van der Waals surface area contributed by atoms with Crippen molar-refractivity contribution in [1.82, 2.24) is 5.32 Å². The van der Waals surface area contributed by atoms with E-state index in [0.717, 1.165) is 24.2 Å². The summed E-state index contributed by atoms with van der Waals surface area (Å²) in [6.07, 6.45) is 2.78. The van der Waals surface area contributed by atoms with E-state index in [1.165, 1.54) is 10.6 Å². The van der Waals surface area contributed by atoms with E-state index < -0.39 is 10.0 Å². The fourth-order valence-electron chi connectivity index (χ4n) is 2.98. The number of hydrogen-bond donors (Lipinski definition) is 1. The molecular formula is C21H28N2O4S. The molecule has 28 heavy (non-hydrogen) atoms. The second-order valence-corrected chi connectivity index (χ2v) is 8.28. The maximum absolute atomic E-state index is 12.3. The van der Waals surface area contributed by atoms with Crippen LogP contribution in [0.3, 0.4) is 0 Å². The first-order valence-corrected chi connectivity index (χ1v) is 11.3. The molecule has 0 heterocycles. The highest BCUT2D eigenvalue weighted by molar-refractivity contribution is 7.92. The average Bonchev–Trinajstić information content (AvgIpc) is 2.66. The highest BCUT2D eigenvalue weighted by Gasteiger charge is 2.15. The number of rotatable bonds is 10. The minimum Gasteiger partial charge on any atom is -0.494 e. The number of ether oxygens (including phenoxy) is 1. The van der Waals surface area contributed by atoms with Crippen LogP contribution >= 0.6 is 0 Å². The monoisotopic (exact) mass is 404 g/mol. The van der Waals surface area contributed by atoms with Gasteiger partial charge in [-0.1, -0.05) is 18.2 Å². The number of nitrogens with zero attached hydrogens (tertiary/aromatic N) is 1. The van der Waals surface area contributed by atoms with Crippen LogP contribution in [0.5, 0.6) is 5.75 Å². The number of aryl methyl sites for hydroxylation is 1. The minimum atomic E-state index is -3.33. The van der Waals surface area contributed by atoms with Gasteiger partial charge in [0.25, 0.3) is 5.91 Å². The SMILES string of the molecule is CCOc1ccccc1CCCNC(=O)c1ccc(N(CC)S(C)(=O)=O)cc1. The van der Waals surface area contributed by atoms with Crippen molar-refractivity contribution in [3.05, 3.63) is 59.7 Å². The van der Waals surface area contributed by atoms with Gasteiger partial charge in [0.05, 0.1) is 18.6 Å². The van der Waals surface area contributed by atoms with E-state index in [4.69, 9.17) is 4.74 Å². The summed E-state index contributed by atoms with van der Waals surface area (Å²) in [7, 11) is -3.33. The second-order valence-electron chi connectivity index (χ2n) is 6.37. The molecule has 0 fully saturated rings. The van der Waals surface area contributed by atoms with Crippen molar-refractivity contribution in [3.63, 3.8) is 0 Å². The zero-order valence-electron chi connectivity index (χ0n) is 16.6. The third-order valence-electron chi connectivity index (χ3n) is 4.29. The molecule has 0 saturated heterocycles. The largest absolute Gasteiger partial charge is 0.494 e. The smallest absolute Gasteiger partial charge is 0.251 e. The van der Waals surface area contributed by atoms with E-state index in [1.54, 1.807) is 31.2 Å². The fourth-order valence-corrected chi connectivity index (χ4v) is 3.95. The van der Waals surface area contributed by atoms with Gasteiger partial charge in [-0.2, -0.15) is 0 Å². The van der Waals surface area contributed by atoms with Gasteiger partial charge in [-0.3, -0.25) is 9.10 Å². The van der Waals surface area contributed by atoms with E-state index >= 15 is 0 Å². The minimum absolute atomic E-state index is 0.174. The van der Waals surface area contributed by atoms with E-state index in [1.807, 2.05) is 31.2 Å². The van der Waals surface area contributed by atoms with Crippen LogP contribution in [0, 0.1) is 0 Å². The third kappa shape index (κ3) is 5.99. The van der Waals surface area contributed by atoms with Gasteiger partial charge in [0.2, 0.25) is 10.0 Å². The van der Waals surface area contributed by atoms with Crippen molar-refractivity contribution in [3.8, 4) is 5.75 Å². The van der Waals surface area contributed by atoms with Crippen LogP contribution in [0.2, 0.25) is 0 Å². The Morgan fingerprint density at radius 1 is 1.07 bits per heavy atom. The summed E-state index contributed by atoms with van der Waals surface area (Å²) < 4.78 is 30.5. The maximum atomic E-state index is 12.3. The Bertz CT molecular complexity index is 880. The fraction of sp³-hybridized carbons (Fsp3) is 0.381. The molecule has 0 aliphatic heterocycles. The normalized spacial score (nSPS) is 11.1. The van der Waals surface area contributed by atoms with E-state index in [0.29, 0.717) is 30.9 Å². The van der Waals surface area contributed by atoms with Crippen molar-refractivity contribution in [2.24, 2.45) is 0 Å². The lowest BCUT2D eigenvalue weighted by Gasteiger charge is -2.20. The number of amides is 1. The number of benzene rings is 2. The molecule has 0 aliphatic rings. The lowest BCUT2D eigenvalue weighted by Crippen LogP contribution is -2.29. The molecule has 152 valence electrons. The summed E-state index contributed by atoms with van der Waals surface area (Å²) in [6.45, 7) is 5.24. The number of anilines is 1. The molecule has 7 heteroatoms. The lowest BCUT2D eigenvalue weighted by molar-refractivity contribution is 0.0953. The molecule has 0 aromatic heterocycles. The van der Waals surface area contributed by atoms with Crippen molar-refractivity contribution < 1.29 is 17.9 Å². The van der Waals surface area contributed by atoms with Gasteiger partial charge in [0.15, 0.2) is 0 Å². The maximum Gasteiger partial charge on any atom is 0.251 e. The van der Waals surface area contributed by atoms with E-state index in [-0.39, 0.29) is 5.91 Å². The molecule has 0 bridgehead atoms. The van der Waals surface area contributed by atoms with Crippen LogP contribution in [0.25, 0.3) is 0 Å². The topological polar surface area (TPSA) is 75.7 Å². The predicted molar refractivity (Wildman–Crippen MR) is 113 cm³/mol. The Morgan fingerprint density at radius 3 is 2.36 bits per heavy atom. The first-order chi connectivity index (χ1) is 13.4. The van der Waals surface area contributed by atoms with Gasteiger partial charge in [-0.25, -0.2) is 8.42 Å². The van der Waals surface area contributed by atoms with Crippen molar-refractivity contribution in [2.75, 3.05) is 30.3 Å². The number of nitrogens with one attached hydrogen (secondary N) is 1. The summed E-state index contributed by atoms with van der Waals surface area (Å²) >= 11 is 0. The second kappa shape index (κ2) is 10.1. The number of carbonyl (C=O) groups is 1. The lowest BCUT2D eigenvalue weighted by atomic mass is 10.1. The molecular weight excluding hydrogens is 376 g/mol. The molecule has 0 aliphatic carbocycles. The molecule has 1 amide bonds. The number of carbonyl (C=O) groups excluding carboxylic acids is 1. The Kier molecular flexibility index (Phi) is 7.87. The van der Waals surface area contributed by atoms with Gasteiger partial charge < -0.3 is 10.1 Å². The van der Waals surface area contributed by atoms with E-state index in [9.17, 15) is 13.2 Å². The molecule has 0 atom stereocenters. The standard InChI is InChI=1S/C21H28N2O4S/c1-4-23(28(3,25)26)19-14-12-18(13-15-19)21(24)22-16-8-10-17-9-6-7-11-20(17)27-5-2/h6-7,9,11-15H,4-5,8,10,16H2,1-3H3,(H,22,24). The molecule has 0 saturated carbocycles. The third-order valence-corrected chi connectivity index (χ3v) is 5.56. The van der Waals surface area contributed by atoms with Crippen molar-refractivity contribution >= 4 is 21.6 Å². The number of sulfonamides is 1. The van der Waals surface area contributed by atoms with Gasteiger partial charge in [-0.15, -0.1) is 0 Å². The molecule has 0 radical (unpaired) electrons. The van der Waals surface area contributed by atoms with Crippen LogP contribution in [-0.2, 0) is 16.4 Å². The summed E-state index contributed by atoms with van der Waals surface area (Å²) in [5, 5.41) is 2.90. The first-order valence-electron chi connectivity index (χ1n) is 9.43. The van der Waals surface area contributed by atoms with Crippen LogP contribution in [0.15, 0.2) is 48.5 Å². The van der Waals surface area contributed by atoms with Crippen LogP contribution in [0.4, 0.5) is 5.69 Å². The average molecular weight is 405 g/mol. The molecule has 2 rings (SSSR count). The summed E-state index contributed by atoms with van der Waals surface area (Å²) in [5.74, 6) is 0.713. The Labute approximate surface area is 167 Å². The number of para-hydroxylation sites is 1. The highest BCUT2D eigenvalue weighted by Crippen LogP contribution is 2.20. The summed E-state index contributed by atoms with van der Waals surface area (Å²) in [4.78, 5) is 12.3. The molecule has 1 N–H and O–H groups in total. The zero-order chi connectivity index (χ0) is 20.6. The zero-order valence-corrected chi connectivity index (χ0v) is 17.5. The number of hydrogen-bond acceptors (Lipinski definition) is 4. The van der Waals surface area contributed by atoms with Crippen LogP contribution in [0.1, 0.15) is 36.2 Å². The van der Waals surface area contributed by atoms with Gasteiger partial charge >= 0.3 is 0 Å². The molecule has 6 nitrogen and oxygen atoms in total. The molecule has 2 aromatic carbocycles. The van der Waals surface area contributed by atoms with Crippen LogP contribution in [-0.4, -0.2) is 40.3 Å². The Balaban J connectivity index is 1.88. The molecule has 0 unspecified atom stereocenters.